The molecule has 3 aromatic rings. The molecule has 1 aromatic carbocycles. The van der Waals surface area contributed by atoms with E-state index in [0.717, 1.165) is 19.9 Å². The fourth-order valence-corrected chi connectivity index (χ4v) is 3.19. The SMILES string of the molecule is CN(C(=O)C(F)(F)F)c1ccc2c(C(=O)NC3CC3)c(NC(=O)c3ccccn3)[nH]c2c1. The molecule has 0 atom stereocenters. The molecule has 1 saturated carbocycles. The number of amides is 3. The third-order valence-electron chi connectivity index (χ3n) is 4.99. The molecule has 0 unspecified atom stereocenters. The Morgan fingerprint density at radius 2 is 1.88 bits per heavy atom. The van der Waals surface area contributed by atoms with E-state index in [1.807, 2.05) is 0 Å². The molecule has 11 heteroatoms. The number of carbonyl (C=O) groups excluding carboxylic acids is 3. The lowest BCUT2D eigenvalue weighted by molar-refractivity contribution is -0.170. The van der Waals surface area contributed by atoms with E-state index in [4.69, 9.17) is 0 Å². The summed E-state index contributed by atoms with van der Waals surface area (Å²) in [5.41, 5.74) is 0.517. The first-order valence-corrected chi connectivity index (χ1v) is 9.69. The van der Waals surface area contributed by atoms with Gasteiger partial charge in [0.1, 0.15) is 11.5 Å². The largest absolute Gasteiger partial charge is 0.471 e. The van der Waals surface area contributed by atoms with Crippen molar-refractivity contribution in [3.05, 3.63) is 53.9 Å². The van der Waals surface area contributed by atoms with Gasteiger partial charge in [0.2, 0.25) is 0 Å². The van der Waals surface area contributed by atoms with Gasteiger partial charge in [0.05, 0.1) is 5.56 Å². The summed E-state index contributed by atoms with van der Waals surface area (Å²) in [6.45, 7) is 0. The van der Waals surface area contributed by atoms with Crippen molar-refractivity contribution in [3.63, 3.8) is 0 Å². The second-order valence-corrected chi connectivity index (χ2v) is 7.38. The summed E-state index contributed by atoms with van der Waals surface area (Å²) in [4.78, 5) is 44.3. The van der Waals surface area contributed by atoms with E-state index in [1.165, 1.54) is 30.5 Å². The number of hydrogen-bond donors (Lipinski definition) is 3. The van der Waals surface area contributed by atoms with Crippen LogP contribution in [0.5, 0.6) is 0 Å². The minimum Gasteiger partial charge on any atom is -0.349 e. The minimum absolute atomic E-state index is 0.0298. The van der Waals surface area contributed by atoms with Crippen LogP contribution in [0.4, 0.5) is 24.7 Å². The molecule has 3 N–H and O–H groups in total. The lowest BCUT2D eigenvalue weighted by Gasteiger charge is -2.18. The molecule has 166 valence electrons. The second kappa shape index (κ2) is 7.98. The maximum Gasteiger partial charge on any atom is 0.471 e. The number of H-pyrrole nitrogens is 1. The number of alkyl halides is 3. The number of aromatic amines is 1. The highest BCUT2D eigenvalue weighted by Crippen LogP contribution is 2.32. The molecule has 3 amide bonds. The first kappa shape index (κ1) is 21.3. The summed E-state index contributed by atoms with van der Waals surface area (Å²) in [5.74, 6) is -2.95. The van der Waals surface area contributed by atoms with E-state index >= 15 is 0 Å². The van der Waals surface area contributed by atoms with E-state index in [2.05, 4.69) is 20.6 Å². The molecular formula is C21H18F3N5O3. The molecule has 1 fully saturated rings. The van der Waals surface area contributed by atoms with E-state index in [0.29, 0.717) is 10.3 Å². The van der Waals surface area contributed by atoms with Gasteiger partial charge in [0, 0.05) is 35.9 Å². The van der Waals surface area contributed by atoms with Crippen LogP contribution in [0.15, 0.2) is 42.6 Å². The van der Waals surface area contributed by atoms with Crippen LogP contribution in [0, 0.1) is 0 Å². The van der Waals surface area contributed by atoms with E-state index in [-0.39, 0.29) is 34.3 Å². The molecule has 0 radical (unpaired) electrons. The number of nitrogens with zero attached hydrogens (tertiary/aromatic N) is 2. The van der Waals surface area contributed by atoms with Crippen molar-refractivity contribution in [3.8, 4) is 0 Å². The quantitative estimate of drug-likeness (QED) is 0.561. The predicted octanol–water partition coefficient (Wildman–Crippen LogP) is 3.23. The lowest BCUT2D eigenvalue weighted by atomic mass is 10.1. The molecule has 2 aromatic heterocycles. The zero-order chi connectivity index (χ0) is 23.0. The van der Waals surface area contributed by atoms with Crippen molar-refractivity contribution in [1.82, 2.24) is 15.3 Å². The number of pyridine rings is 1. The Hall–Kier alpha value is -3.89. The summed E-state index contributed by atoms with van der Waals surface area (Å²) in [6.07, 6.45) is -1.90. The monoisotopic (exact) mass is 445 g/mol. The van der Waals surface area contributed by atoms with Gasteiger partial charge in [0.25, 0.3) is 11.8 Å². The van der Waals surface area contributed by atoms with Crippen molar-refractivity contribution in [2.45, 2.75) is 25.1 Å². The first-order chi connectivity index (χ1) is 15.1. The first-order valence-electron chi connectivity index (χ1n) is 9.69. The van der Waals surface area contributed by atoms with Crippen LogP contribution in [-0.2, 0) is 4.79 Å². The van der Waals surface area contributed by atoms with Gasteiger partial charge in [-0.25, -0.2) is 0 Å². The van der Waals surface area contributed by atoms with E-state index in [9.17, 15) is 27.6 Å². The number of nitrogens with one attached hydrogen (secondary N) is 3. The van der Waals surface area contributed by atoms with Crippen molar-refractivity contribution in [2.24, 2.45) is 0 Å². The van der Waals surface area contributed by atoms with Crippen LogP contribution >= 0.6 is 0 Å². The van der Waals surface area contributed by atoms with Gasteiger partial charge in [-0.15, -0.1) is 0 Å². The maximum atomic E-state index is 12.9. The Morgan fingerprint density at radius 1 is 1.12 bits per heavy atom. The summed E-state index contributed by atoms with van der Waals surface area (Å²) in [7, 11) is 1.00. The number of aromatic nitrogens is 2. The number of carbonyl (C=O) groups is 3. The molecular weight excluding hydrogens is 427 g/mol. The summed E-state index contributed by atoms with van der Waals surface area (Å²) in [6, 6.07) is 8.86. The molecule has 32 heavy (non-hydrogen) atoms. The number of benzene rings is 1. The molecule has 2 heterocycles. The van der Waals surface area contributed by atoms with E-state index < -0.39 is 23.9 Å². The highest BCUT2D eigenvalue weighted by atomic mass is 19.4. The Balaban J connectivity index is 1.73. The number of hydrogen-bond acceptors (Lipinski definition) is 4. The molecule has 1 aliphatic carbocycles. The van der Waals surface area contributed by atoms with Crippen molar-refractivity contribution in [1.29, 1.82) is 0 Å². The predicted molar refractivity (Wildman–Crippen MR) is 110 cm³/mol. The zero-order valence-electron chi connectivity index (χ0n) is 16.8. The minimum atomic E-state index is -5.03. The summed E-state index contributed by atoms with van der Waals surface area (Å²) in [5, 5.41) is 5.83. The fourth-order valence-electron chi connectivity index (χ4n) is 3.19. The van der Waals surface area contributed by atoms with Crippen LogP contribution < -0.4 is 15.5 Å². The van der Waals surface area contributed by atoms with Crippen molar-refractivity contribution >= 4 is 40.1 Å². The lowest BCUT2D eigenvalue weighted by Crippen LogP contribution is -2.38. The summed E-state index contributed by atoms with van der Waals surface area (Å²) < 4.78 is 38.4. The van der Waals surface area contributed by atoms with Crippen molar-refractivity contribution < 1.29 is 27.6 Å². The number of rotatable bonds is 5. The third kappa shape index (κ3) is 4.27. The van der Waals surface area contributed by atoms with E-state index in [1.54, 1.807) is 12.1 Å². The molecule has 0 aliphatic heterocycles. The summed E-state index contributed by atoms with van der Waals surface area (Å²) >= 11 is 0. The molecule has 1 aliphatic rings. The molecule has 0 bridgehead atoms. The van der Waals surface area contributed by atoms with Gasteiger partial charge < -0.3 is 20.5 Å². The molecule has 8 nitrogen and oxygen atoms in total. The molecule has 4 rings (SSSR count). The van der Waals surface area contributed by atoms with Crippen molar-refractivity contribution in [2.75, 3.05) is 17.3 Å². The highest BCUT2D eigenvalue weighted by molar-refractivity contribution is 6.16. The van der Waals surface area contributed by atoms with Crippen LogP contribution in [-0.4, -0.2) is 47.0 Å². The number of fused-ring (bicyclic) bond motifs is 1. The standard InChI is InChI=1S/C21H18F3N5O3/c1-29(20(32)21(22,23)24)12-7-8-13-15(10-12)27-17(16(13)19(31)26-11-5-6-11)28-18(30)14-4-2-3-9-25-14/h2-4,7-11,27H,5-6H2,1H3,(H,26,31)(H,28,30). The van der Waals surface area contributed by atoms with Gasteiger partial charge in [-0.3, -0.25) is 19.4 Å². The van der Waals surface area contributed by atoms with Crippen LogP contribution in [0.2, 0.25) is 0 Å². The Morgan fingerprint density at radius 3 is 2.50 bits per heavy atom. The highest BCUT2D eigenvalue weighted by Gasteiger charge is 2.41. The molecule has 0 spiro atoms. The number of halogens is 3. The van der Waals surface area contributed by atoms with Gasteiger partial charge >= 0.3 is 12.1 Å². The Labute approximate surface area is 179 Å². The maximum absolute atomic E-state index is 12.9. The van der Waals surface area contributed by atoms with Gasteiger partial charge in [-0.05, 0) is 43.2 Å². The van der Waals surface area contributed by atoms with Crippen LogP contribution in [0.1, 0.15) is 33.7 Å². The normalized spacial score (nSPS) is 13.6. The smallest absolute Gasteiger partial charge is 0.349 e. The average molecular weight is 445 g/mol. The van der Waals surface area contributed by atoms with Gasteiger partial charge in [0.15, 0.2) is 0 Å². The average Bonchev–Trinajstić information content (AvgIpc) is 3.50. The zero-order valence-corrected chi connectivity index (χ0v) is 16.8. The topological polar surface area (TPSA) is 107 Å². The Kier molecular flexibility index (Phi) is 5.33. The van der Waals surface area contributed by atoms with Crippen LogP contribution in [0.25, 0.3) is 10.9 Å². The third-order valence-corrected chi connectivity index (χ3v) is 4.99. The van der Waals surface area contributed by atoms with Gasteiger partial charge in [-0.1, -0.05) is 6.07 Å². The second-order valence-electron chi connectivity index (χ2n) is 7.38. The molecule has 0 saturated heterocycles. The van der Waals surface area contributed by atoms with Gasteiger partial charge in [-0.2, -0.15) is 13.2 Å². The number of anilines is 2. The van der Waals surface area contributed by atoms with Crippen LogP contribution in [0.3, 0.4) is 0 Å². The Bertz CT molecular complexity index is 1200. The fraction of sp³-hybridized carbons (Fsp3) is 0.238.